The lowest BCUT2D eigenvalue weighted by molar-refractivity contribution is -0.0384. The highest BCUT2D eigenvalue weighted by Crippen LogP contribution is 2.39. The van der Waals surface area contributed by atoms with E-state index in [0.29, 0.717) is 55.5 Å². The lowest BCUT2D eigenvalue weighted by Gasteiger charge is -2.22. The zero-order chi connectivity index (χ0) is 41.3. The van der Waals surface area contributed by atoms with Crippen molar-refractivity contribution in [2.75, 3.05) is 34.8 Å². The zero-order valence-corrected chi connectivity index (χ0v) is 32.5. The van der Waals surface area contributed by atoms with Crippen molar-refractivity contribution in [3.8, 4) is 6.19 Å². The maximum Gasteiger partial charge on any atom is 0.238 e. The first-order chi connectivity index (χ1) is 28.5. The third-order valence-electron chi connectivity index (χ3n) is 10.3. The van der Waals surface area contributed by atoms with Crippen molar-refractivity contribution in [3.63, 3.8) is 0 Å². The quantitative estimate of drug-likeness (QED) is 0.0507. The van der Waals surface area contributed by atoms with E-state index in [1.807, 2.05) is 54.4 Å². The van der Waals surface area contributed by atoms with E-state index in [4.69, 9.17) is 25.6 Å². The number of nitrogens with zero attached hydrogens (tertiary/aromatic N) is 12. The van der Waals surface area contributed by atoms with Crippen LogP contribution in [-0.2, 0) is 21.3 Å². The minimum absolute atomic E-state index is 0.0601. The van der Waals surface area contributed by atoms with E-state index < -0.39 is 40.6 Å². The van der Waals surface area contributed by atoms with Crippen molar-refractivity contribution in [1.29, 1.82) is 5.26 Å². The third-order valence-corrected chi connectivity index (χ3v) is 11.2. The van der Waals surface area contributed by atoms with Crippen LogP contribution in [0.2, 0.25) is 0 Å². The average Bonchev–Trinajstić information content (AvgIpc) is 4.06. The van der Waals surface area contributed by atoms with Gasteiger partial charge in [0.25, 0.3) is 0 Å². The number of sulfonamides is 1. The minimum atomic E-state index is -4.03. The fraction of sp³-hybridized carbons (Fsp3) is 0.316. The molecular weight excluding hydrogens is 779 g/mol. The number of guanidine groups is 1. The largest absolute Gasteiger partial charge is 0.387 e. The van der Waals surface area contributed by atoms with Crippen LogP contribution in [0.15, 0.2) is 101 Å². The number of aromatic nitrogens is 8. The average molecular weight is 820 g/mol. The van der Waals surface area contributed by atoms with E-state index in [0.717, 1.165) is 16.0 Å². The maximum absolute atomic E-state index is 12.0. The summed E-state index contributed by atoms with van der Waals surface area (Å²) in [5.74, 6) is 0.684. The van der Waals surface area contributed by atoms with Gasteiger partial charge in [-0.1, -0.05) is 66.7 Å². The van der Waals surface area contributed by atoms with Gasteiger partial charge in [-0.15, -0.1) is 10.2 Å². The molecule has 6 aromatic rings. The van der Waals surface area contributed by atoms with Crippen LogP contribution in [0.1, 0.15) is 48.5 Å². The minimum Gasteiger partial charge on any atom is -0.387 e. The standard InChI is InChI=1S/C38H41N15O5S/c1-2-53-48-34(47-49-53)32-30(54)31(55)36(58-32)52-22-43-29-33(42-19-28(23-10-5-3-6-11-23)24-12-7-4-8-13-24)45-38(46-35(29)52)50-17-16-25(20-50)44-37(40)51(21-39)26-14-9-15-27(18-26)59(41,56)57/h3-15,18,22,25,28,30-32,36,54-55H,2,16-17,19-20H2,1H3,(H2,40,44)(H2,41,56,57)(H,42,45,46)/t25-,30+,31-,32+,36-/m1/s1. The summed E-state index contributed by atoms with van der Waals surface area (Å²) in [5, 5.41) is 53.5. The highest BCUT2D eigenvalue weighted by Gasteiger charge is 2.47. The first kappa shape index (κ1) is 39.3. The summed E-state index contributed by atoms with van der Waals surface area (Å²) in [6.07, 6.45) is -0.988. The topological polar surface area (TPSA) is 278 Å². The number of primary sulfonamides is 1. The number of anilines is 3. The van der Waals surface area contributed by atoms with E-state index in [1.54, 1.807) is 4.57 Å². The SMILES string of the molecule is CCn1nnc([C@H]2O[C@@H](n3cnc4c(NCC(c5ccccc5)c5ccccc5)nc(N5CC[C@@H](N=C(N)N(C#N)c6cccc(S(N)(=O)=O)c6)C5)nc43)[C@H](O)[C@@H]2O)n1. The highest BCUT2D eigenvalue weighted by atomic mass is 32.2. The summed E-state index contributed by atoms with van der Waals surface area (Å²) < 4.78 is 31.7. The first-order valence-electron chi connectivity index (χ1n) is 18.8. The van der Waals surface area contributed by atoms with Crippen LogP contribution < -0.4 is 26.0 Å². The molecule has 2 saturated heterocycles. The van der Waals surface area contributed by atoms with Gasteiger partial charge in [-0.25, -0.2) is 28.4 Å². The van der Waals surface area contributed by atoms with E-state index in [2.05, 4.69) is 55.0 Å². The number of tetrazole rings is 1. The Morgan fingerprint density at radius 1 is 1.07 bits per heavy atom. The molecule has 0 saturated carbocycles. The highest BCUT2D eigenvalue weighted by molar-refractivity contribution is 7.89. The van der Waals surface area contributed by atoms with Crippen molar-refractivity contribution in [2.24, 2.45) is 15.9 Å². The lowest BCUT2D eigenvalue weighted by atomic mass is 9.91. The molecule has 20 nitrogen and oxygen atoms in total. The summed E-state index contributed by atoms with van der Waals surface area (Å²) in [7, 11) is -4.03. The second-order valence-corrected chi connectivity index (χ2v) is 15.6. The molecule has 3 aromatic carbocycles. The summed E-state index contributed by atoms with van der Waals surface area (Å²) in [6, 6.07) is 25.4. The molecule has 5 heterocycles. The van der Waals surface area contributed by atoms with Crippen molar-refractivity contribution in [3.05, 3.63) is 108 Å². The molecule has 3 aromatic heterocycles. The second-order valence-electron chi connectivity index (χ2n) is 14.1. The number of nitriles is 1. The van der Waals surface area contributed by atoms with Crippen LogP contribution in [0.4, 0.5) is 17.5 Å². The van der Waals surface area contributed by atoms with Crippen LogP contribution in [0.25, 0.3) is 11.2 Å². The maximum atomic E-state index is 12.0. The molecule has 0 radical (unpaired) electrons. The number of aliphatic hydroxyl groups excluding tert-OH is 2. The van der Waals surface area contributed by atoms with Gasteiger partial charge < -0.3 is 30.9 Å². The number of aliphatic imine (C=N–C) groups is 1. The van der Waals surface area contributed by atoms with Gasteiger partial charge in [0.15, 0.2) is 35.5 Å². The number of hydrogen-bond donors (Lipinski definition) is 5. The molecule has 8 rings (SSSR count). The molecular formula is C38H41N15O5S. The number of ether oxygens (including phenoxy) is 1. The van der Waals surface area contributed by atoms with Crippen molar-refractivity contribution < 1.29 is 23.4 Å². The van der Waals surface area contributed by atoms with Crippen LogP contribution >= 0.6 is 0 Å². The first-order valence-corrected chi connectivity index (χ1v) is 20.4. The molecule has 59 heavy (non-hydrogen) atoms. The van der Waals surface area contributed by atoms with E-state index in [-0.39, 0.29) is 28.3 Å². The number of aryl methyl sites for hydroxylation is 1. The summed E-state index contributed by atoms with van der Waals surface area (Å²) >= 11 is 0. The second kappa shape index (κ2) is 16.4. The van der Waals surface area contributed by atoms with Crippen molar-refractivity contribution in [2.45, 2.75) is 61.3 Å². The number of fused-ring (bicyclic) bond motifs is 1. The van der Waals surface area contributed by atoms with Crippen LogP contribution in [0.5, 0.6) is 0 Å². The van der Waals surface area contributed by atoms with Gasteiger partial charge in [0, 0.05) is 25.6 Å². The number of benzene rings is 3. The van der Waals surface area contributed by atoms with Gasteiger partial charge in [-0.2, -0.15) is 20.0 Å². The Balaban J connectivity index is 1.12. The Bertz CT molecular complexity index is 2580. The summed E-state index contributed by atoms with van der Waals surface area (Å²) in [5.41, 5.74) is 9.45. The third kappa shape index (κ3) is 7.99. The van der Waals surface area contributed by atoms with Gasteiger partial charge in [-0.3, -0.25) is 4.57 Å². The normalized spacial score (nSPS) is 21.0. The number of nitrogens with one attached hydrogen (secondary N) is 1. The molecule has 21 heteroatoms. The predicted octanol–water partition coefficient (Wildman–Crippen LogP) is 1.60. The van der Waals surface area contributed by atoms with Crippen LogP contribution in [-0.4, -0.2) is 102 Å². The van der Waals surface area contributed by atoms with E-state index >= 15 is 0 Å². The van der Waals surface area contributed by atoms with E-state index in [9.17, 15) is 23.9 Å². The van der Waals surface area contributed by atoms with Crippen LogP contribution in [0, 0.1) is 11.5 Å². The smallest absolute Gasteiger partial charge is 0.238 e. The molecule has 5 atom stereocenters. The lowest BCUT2D eigenvalue weighted by Crippen LogP contribution is -2.35. The van der Waals surface area contributed by atoms with Gasteiger partial charge in [-0.05, 0) is 47.9 Å². The zero-order valence-electron chi connectivity index (χ0n) is 31.7. The Kier molecular flexibility index (Phi) is 10.9. The van der Waals surface area contributed by atoms with Gasteiger partial charge in [0.1, 0.15) is 12.2 Å². The van der Waals surface area contributed by atoms with Crippen LogP contribution in [0.3, 0.4) is 0 Å². The molecule has 0 unspecified atom stereocenters. The molecule has 0 spiro atoms. The summed E-state index contributed by atoms with van der Waals surface area (Å²) in [4.78, 5) is 23.3. The van der Waals surface area contributed by atoms with Gasteiger partial charge in [0.05, 0.1) is 29.5 Å². The molecule has 7 N–H and O–H groups in total. The molecule has 2 aliphatic heterocycles. The molecule has 2 aliphatic rings. The molecule has 0 aliphatic carbocycles. The van der Waals surface area contributed by atoms with E-state index in [1.165, 1.54) is 35.4 Å². The number of rotatable bonds is 12. The fourth-order valence-electron chi connectivity index (χ4n) is 7.27. The Morgan fingerprint density at radius 3 is 2.46 bits per heavy atom. The number of nitrogens with two attached hydrogens (primary N) is 2. The Labute approximate surface area is 338 Å². The molecule has 0 bridgehead atoms. The number of imidazole rings is 1. The number of hydrogen-bond acceptors (Lipinski definition) is 15. The molecule has 0 amide bonds. The van der Waals surface area contributed by atoms with Crippen molar-refractivity contribution >= 4 is 44.6 Å². The number of aliphatic hydroxyl groups is 2. The molecule has 304 valence electrons. The Hall–Kier alpha value is -6.57. The van der Waals surface area contributed by atoms with Gasteiger partial charge >= 0.3 is 0 Å². The Morgan fingerprint density at radius 2 is 1.80 bits per heavy atom. The fourth-order valence-corrected chi connectivity index (χ4v) is 7.83. The van der Waals surface area contributed by atoms with Crippen molar-refractivity contribution in [1.82, 2.24) is 39.7 Å². The summed E-state index contributed by atoms with van der Waals surface area (Å²) in [6.45, 7) is 3.53. The van der Waals surface area contributed by atoms with Gasteiger partial charge in [0.2, 0.25) is 27.8 Å². The molecule has 2 fully saturated rings. The monoisotopic (exact) mass is 819 g/mol. The predicted molar refractivity (Wildman–Crippen MR) is 215 cm³/mol.